The van der Waals surface area contributed by atoms with Crippen LogP contribution in [0.3, 0.4) is 0 Å². The average Bonchev–Trinajstić information content (AvgIpc) is 2.14. The maximum Gasteiger partial charge on any atom is 0.228 e. The zero-order valence-corrected chi connectivity index (χ0v) is 8.45. The molecule has 0 radical (unpaired) electrons. The highest BCUT2D eigenvalue weighted by molar-refractivity contribution is 5.97. The first-order valence-corrected chi connectivity index (χ1v) is 4.67. The quantitative estimate of drug-likeness (QED) is 0.668. The summed E-state index contributed by atoms with van der Waals surface area (Å²) in [6, 6.07) is 7.79. The van der Waals surface area contributed by atoms with Crippen LogP contribution in [-0.2, 0) is 10.3 Å². The van der Waals surface area contributed by atoms with Crippen LogP contribution in [0, 0.1) is 0 Å². The number of nitrogens with two attached hydrogens (primary N) is 1. The number of anilines is 1. The topological polar surface area (TPSA) is 46.3 Å². The number of carbonyl (C=O) groups is 1. The number of nitrogens with zero attached hydrogens (tertiary/aromatic N) is 1. The van der Waals surface area contributed by atoms with E-state index in [1.807, 2.05) is 31.2 Å². The van der Waals surface area contributed by atoms with Crippen molar-refractivity contribution in [2.24, 2.45) is 5.73 Å². The highest BCUT2D eigenvalue weighted by atomic mass is 16.2. The molecule has 3 heteroatoms. The molecule has 74 valence electrons. The van der Waals surface area contributed by atoms with Crippen LogP contribution >= 0.6 is 0 Å². The van der Waals surface area contributed by atoms with Gasteiger partial charge in [-0.05, 0) is 18.6 Å². The lowest BCUT2D eigenvalue weighted by atomic mass is 9.84. The molecule has 2 N–H and O–H groups in total. The number of hydrogen-bond acceptors (Lipinski definition) is 2. The van der Waals surface area contributed by atoms with Crippen molar-refractivity contribution < 1.29 is 4.79 Å². The van der Waals surface area contributed by atoms with Gasteiger partial charge in [0.2, 0.25) is 5.91 Å². The van der Waals surface area contributed by atoms with Crippen molar-refractivity contribution in [2.75, 3.05) is 11.9 Å². The van der Waals surface area contributed by atoms with E-state index in [9.17, 15) is 4.79 Å². The van der Waals surface area contributed by atoms with Crippen LogP contribution in [0.25, 0.3) is 0 Å². The number of hydrogen-bond donors (Lipinski definition) is 1. The first kappa shape index (κ1) is 9.21. The molecule has 0 aliphatic carbocycles. The smallest absolute Gasteiger partial charge is 0.228 e. The average molecular weight is 190 g/mol. The van der Waals surface area contributed by atoms with Gasteiger partial charge in [0, 0.05) is 24.7 Å². The Kier molecular flexibility index (Phi) is 1.86. The van der Waals surface area contributed by atoms with Crippen LogP contribution in [0.4, 0.5) is 5.69 Å². The van der Waals surface area contributed by atoms with E-state index in [1.165, 1.54) is 0 Å². The van der Waals surface area contributed by atoms with Crippen molar-refractivity contribution in [2.45, 2.75) is 18.9 Å². The molecule has 1 amide bonds. The second kappa shape index (κ2) is 2.82. The second-order valence-corrected chi connectivity index (χ2v) is 4.06. The Morgan fingerprint density at radius 1 is 1.43 bits per heavy atom. The van der Waals surface area contributed by atoms with Gasteiger partial charge < -0.3 is 10.6 Å². The zero-order valence-electron chi connectivity index (χ0n) is 8.45. The van der Waals surface area contributed by atoms with E-state index in [1.54, 1.807) is 11.9 Å². The number of carbonyl (C=O) groups excluding carboxylic acids is 1. The minimum Gasteiger partial charge on any atom is -0.321 e. The molecule has 2 rings (SSSR count). The Morgan fingerprint density at radius 3 is 2.79 bits per heavy atom. The Bertz CT molecular complexity index is 385. The summed E-state index contributed by atoms with van der Waals surface area (Å²) < 4.78 is 0. The molecule has 1 aliphatic heterocycles. The molecule has 1 heterocycles. The van der Waals surface area contributed by atoms with Gasteiger partial charge in [-0.25, -0.2) is 0 Å². The fraction of sp³-hybridized carbons (Fsp3) is 0.364. The first-order valence-electron chi connectivity index (χ1n) is 4.67. The van der Waals surface area contributed by atoms with E-state index in [4.69, 9.17) is 5.73 Å². The molecular weight excluding hydrogens is 176 g/mol. The Balaban J connectivity index is 2.61. The summed E-state index contributed by atoms with van der Waals surface area (Å²) in [4.78, 5) is 13.3. The molecule has 0 bridgehead atoms. The molecule has 0 fully saturated rings. The third-order valence-electron chi connectivity index (χ3n) is 2.77. The van der Waals surface area contributed by atoms with Crippen molar-refractivity contribution >= 4 is 11.6 Å². The number of rotatable bonds is 0. The van der Waals surface area contributed by atoms with E-state index in [0.717, 1.165) is 11.3 Å². The molecule has 14 heavy (non-hydrogen) atoms. The summed E-state index contributed by atoms with van der Waals surface area (Å²) in [6.45, 7) is 1.90. The maximum atomic E-state index is 11.6. The standard InChI is InChI=1S/C11H14N2O/c1-11(12)7-10(14)13(2)9-6-4-3-5-8(9)11/h3-6H,7,12H2,1-2H3/t11-/m1/s1. The van der Waals surface area contributed by atoms with Gasteiger partial charge in [-0.3, -0.25) is 4.79 Å². The Hall–Kier alpha value is -1.35. The fourth-order valence-corrected chi connectivity index (χ4v) is 1.91. The molecule has 1 aromatic carbocycles. The monoisotopic (exact) mass is 190 g/mol. The highest BCUT2D eigenvalue weighted by Gasteiger charge is 2.34. The van der Waals surface area contributed by atoms with E-state index in [-0.39, 0.29) is 5.91 Å². The van der Waals surface area contributed by atoms with Crippen LogP contribution in [0.2, 0.25) is 0 Å². The molecular formula is C11H14N2O. The largest absolute Gasteiger partial charge is 0.321 e. The SMILES string of the molecule is CN1C(=O)C[C@@](C)(N)c2ccccc21. The van der Waals surface area contributed by atoms with Gasteiger partial charge in [-0.2, -0.15) is 0 Å². The van der Waals surface area contributed by atoms with Crippen LogP contribution in [0.5, 0.6) is 0 Å². The molecule has 0 spiro atoms. The van der Waals surface area contributed by atoms with Gasteiger partial charge in [-0.1, -0.05) is 18.2 Å². The molecule has 0 saturated carbocycles. The lowest BCUT2D eigenvalue weighted by molar-refractivity contribution is -0.119. The van der Waals surface area contributed by atoms with Crippen molar-refractivity contribution in [3.05, 3.63) is 29.8 Å². The summed E-state index contributed by atoms with van der Waals surface area (Å²) in [5.41, 5.74) is 7.54. The summed E-state index contributed by atoms with van der Waals surface area (Å²) in [5, 5.41) is 0. The number of para-hydroxylation sites is 1. The molecule has 3 nitrogen and oxygen atoms in total. The predicted octanol–water partition coefficient (Wildman–Crippen LogP) is 1.23. The maximum absolute atomic E-state index is 11.6. The number of benzene rings is 1. The molecule has 1 aliphatic rings. The number of fused-ring (bicyclic) bond motifs is 1. The van der Waals surface area contributed by atoms with Crippen LogP contribution < -0.4 is 10.6 Å². The van der Waals surface area contributed by atoms with E-state index < -0.39 is 5.54 Å². The molecule has 1 aromatic rings. The highest BCUT2D eigenvalue weighted by Crippen LogP contribution is 2.35. The van der Waals surface area contributed by atoms with E-state index >= 15 is 0 Å². The van der Waals surface area contributed by atoms with Crippen LogP contribution in [0.1, 0.15) is 18.9 Å². The Labute approximate surface area is 83.5 Å². The number of amides is 1. The predicted molar refractivity (Wildman–Crippen MR) is 56.0 cm³/mol. The first-order chi connectivity index (χ1) is 6.52. The minimum atomic E-state index is -0.528. The fourth-order valence-electron chi connectivity index (χ4n) is 1.91. The van der Waals surface area contributed by atoms with Crippen LogP contribution in [0.15, 0.2) is 24.3 Å². The van der Waals surface area contributed by atoms with Gasteiger partial charge in [0.25, 0.3) is 0 Å². The lowest BCUT2D eigenvalue weighted by Gasteiger charge is -2.36. The summed E-state index contributed by atoms with van der Waals surface area (Å²) >= 11 is 0. The van der Waals surface area contributed by atoms with Gasteiger partial charge in [0.1, 0.15) is 0 Å². The third kappa shape index (κ3) is 1.21. The van der Waals surface area contributed by atoms with Crippen molar-refractivity contribution in [1.82, 2.24) is 0 Å². The lowest BCUT2D eigenvalue weighted by Crippen LogP contribution is -2.46. The zero-order chi connectivity index (χ0) is 10.3. The van der Waals surface area contributed by atoms with Gasteiger partial charge >= 0.3 is 0 Å². The van der Waals surface area contributed by atoms with Crippen molar-refractivity contribution in [1.29, 1.82) is 0 Å². The summed E-state index contributed by atoms with van der Waals surface area (Å²) in [7, 11) is 1.79. The van der Waals surface area contributed by atoms with E-state index in [2.05, 4.69) is 0 Å². The van der Waals surface area contributed by atoms with Crippen molar-refractivity contribution in [3.8, 4) is 0 Å². The van der Waals surface area contributed by atoms with Gasteiger partial charge in [0.15, 0.2) is 0 Å². The molecule has 0 unspecified atom stereocenters. The summed E-state index contributed by atoms with van der Waals surface area (Å²) in [5.74, 6) is 0.0775. The normalized spacial score (nSPS) is 26.2. The van der Waals surface area contributed by atoms with Crippen LogP contribution in [-0.4, -0.2) is 13.0 Å². The Morgan fingerprint density at radius 2 is 2.07 bits per heavy atom. The molecule has 1 atom stereocenters. The van der Waals surface area contributed by atoms with Crippen molar-refractivity contribution in [3.63, 3.8) is 0 Å². The second-order valence-electron chi connectivity index (χ2n) is 4.06. The minimum absolute atomic E-state index is 0.0775. The molecule has 0 aromatic heterocycles. The van der Waals surface area contributed by atoms with Gasteiger partial charge in [-0.15, -0.1) is 0 Å². The molecule has 0 saturated heterocycles. The van der Waals surface area contributed by atoms with E-state index in [0.29, 0.717) is 6.42 Å². The van der Waals surface area contributed by atoms with Gasteiger partial charge in [0.05, 0.1) is 0 Å². The summed E-state index contributed by atoms with van der Waals surface area (Å²) in [6.07, 6.45) is 0.376. The third-order valence-corrected chi connectivity index (χ3v) is 2.77.